The number of fused-ring (bicyclic) bond motifs is 1. The molecule has 7 nitrogen and oxygen atoms in total. The lowest BCUT2D eigenvalue weighted by atomic mass is 9.64. The fraction of sp³-hybridized carbons (Fsp3) is 0.478. The molecule has 3 rings (SSSR count). The molecule has 2 aromatic rings. The van der Waals surface area contributed by atoms with E-state index in [4.69, 9.17) is 23.7 Å². The van der Waals surface area contributed by atoms with Crippen LogP contribution < -0.4 is 14.2 Å². The van der Waals surface area contributed by atoms with Crippen molar-refractivity contribution in [1.82, 2.24) is 0 Å². The molecule has 0 aliphatic heterocycles. The van der Waals surface area contributed by atoms with Gasteiger partial charge < -0.3 is 33.9 Å². The molecule has 30 heavy (non-hydrogen) atoms. The lowest BCUT2D eigenvalue weighted by Crippen LogP contribution is -2.52. The number of benzene rings is 2. The maximum Gasteiger partial charge on any atom is 0.161 e. The Morgan fingerprint density at radius 1 is 0.900 bits per heavy atom. The van der Waals surface area contributed by atoms with E-state index in [1.807, 2.05) is 18.2 Å². The number of hydrogen-bond donors (Lipinski definition) is 2. The standard InChI is InChI=1S/C23H30O7/c1-26-12-17-22(14-6-7-18(24)19(8-14)28-3)16-10-21(30-5)20(29-4)9-15(16)11-23(17,25)13-27-2/h6-10,17,22,24-25H,11-13H2,1-5H3/t17-,22+,23-/m1/s1. The molecule has 3 atom stereocenters. The number of ether oxygens (including phenoxy) is 5. The fourth-order valence-electron chi connectivity index (χ4n) is 4.51. The highest BCUT2D eigenvalue weighted by Crippen LogP contribution is 2.49. The summed E-state index contributed by atoms with van der Waals surface area (Å²) < 4.78 is 27.3. The predicted octanol–water partition coefficient (Wildman–Crippen LogP) is 2.75. The van der Waals surface area contributed by atoms with Gasteiger partial charge in [-0.25, -0.2) is 0 Å². The van der Waals surface area contributed by atoms with E-state index in [0.29, 0.717) is 30.3 Å². The van der Waals surface area contributed by atoms with Crippen LogP contribution in [0.15, 0.2) is 30.3 Å². The van der Waals surface area contributed by atoms with E-state index in [-0.39, 0.29) is 24.2 Å². The molecule has 164 valence electrons. The highest BCUT2D eigenvalue weighted by molar-refractivity contribution is 5.55. The molecule has 0 unspecified atom stereocenters. The molecular formula is C23H30O7. The lowest BCUT2D eigenvalue weighted by Gasteiger charge is -2.45. The minimum atomic E-state index is -1.16. The van der Waals surface area contributed by atoms with Crippen molar-refractivity contribution >= 4 is 0 Å². The van der Waals surface area contributed by atoms with Crippen LogP contribution in [0.25, 0.3) is 0 Å². The Bertz CT molecular complexity index is 882. The van der Waals surface area contributed by atoms with Gasteiger partial charge in [0.15, 0.2) is 23.0 Å². The van der Waals surface area contributed by atoms with Gasteiger partial charge in [0.25, 0.3) is 0 Å². The van der Waals surface area contributed by atoms with Gasteiger partial charge in [0.2, 0.25) is 0 Å². The van der Waals surface area contributed by atoms with Crippen LogP contribution >= 0.6 is 0 Å². The number of aromatic hydroxyl groups is 1. The first-order chi connectivity index (χ1) is 14.4. The summed E-state index contributed by atoms with van der Waals surface area (Å²) in [6, 6.07) is 9.09. The van der Waals surface area contributed by atoms with Crippen molar-refractivity contribution < 1.29 is 33.9 Å². The van der Waals surface area contributed by atoms with Crippen molar-refractivity contribution in [3.63, 3.8) is 0 Å². The molecule has 0 aromatic heterocycles. The van der Waals surface area contributed by atoms with Crippen molar-refractivity contribution in [2.45, 2.75) is 17.9 Å². The molecule has 0 fully saturated rings. The van der Waals surface area contributed by atoms with Gasteiger partial charge in [-0.2, -0.15) is 0 Å². The van der Waals surface area contributed by atoms with Crippen molar-refractivity contribution in [3.8, 4) is 23.0 Å². The molecule has 0 amide bonds. The number of phenolic OH excluding ortho intramolecular Hbond substituents is 1. The quantitative estimate of drug-likeness (QED) is 0.682. The fourth-order valence-corrected chi connectivity index (χ4v) is 4.51. The zero-order chi connectivity index (χ0) is 21.9. The van der Waals surface area contributed by atoms with Crippen molar-refractivity contribution in [2.75, 3.05) is 48.8 Å². The molecule has 1 aliphatic rings. The maximum absolute atomic E-state index is 11.7. The largest absolute Gasteiger partial charge is 0.504 e. The highest BCUT2D eigenvalue weighted by Gasteiger charge is 2.48. The van der Waals surface area contributed by atoms with E-state index in [2.05, 4.69) is 0 Å². The van der Waals surface area contributed by atoms with Gasteiger partial charge in [0.05, 0.1) is 40.1 Å². The van der Waals surface area contributed by atoms with Gasteiger partial charge in [-0.15, -0.1) is 0 Å². The predicted molar refractivity (Wildman–Crippen MR) is 112 cm³/mol. The molecule has 7 heteroatoms. The van der Waals surface area contributed by atoms with Crippen LogP contribution in [0, 0.1) is 5.92 Å². The van der Waals surface area contributed by atoms with Crippen LogP contribution in [-0.4, -0.2) is 64.6 Å². The Labute approximate surface area is 177 Å². The minimum Gasteiger partial charge on any atom is -0.504 e. The first-order valence-electron chi connectivity index (χ1n) is 9.74. The molecule has 0 saturated carbocycles. The van der Waals surface area contributed by atoms with Crippen LogP contribution in [0.5, 0.6) is 23.0 Å². The highest BCUT2D eigenvalue weighted by atomic mass is 16.5. The van der Waals surface area contributed by atoms with Crippen molar-refractivity contribution in [2.24, 2.45) is 5.92 Å². The summed E-state index contributed by atoms with van der Waals surface area (Å²) in [7, 11) is 7.88. The Morgan fingerprint density at radius 3 is 2.17 bits per heavy atom. The summed E-state index contributed by atoms with van der Waals surface area (Å²) in [5.74, 6) is 1.08. The first-order valence-corrected chi connectivity index (χ1v) is 9.74. The number of aliphatic hydroxyl groups is 1. The second kappa shape index (κ2) is 9.12. The summed E-state index contributed by atoms with van der Waals surface area (Å²) >= 11 is 0. The van der Waals surface area contributed by atoms with E-state index < -0.39 is 5.60 Å². The van der Waals surface area contributed by atoms with E-state index in [0.717, 1.165) is 16.7 Å². The van der Waals surface area contributed by atoms with Gasteiger partial charge in [-0.05, 0) is 41.0 Å². The Hall–Kier alpha value is -2.48. The summed E-state index contributed by atoms with van der Waals surface area (Å²) in [5, 5.41) is 21.7. The molecule has 2 aromatic carbocycles. The zero-order valence-electron chi connectivity index (χ0n) is 18.1. The summed E-state index contributed by atoms with van der Waals surface area (Å²) in [4.78, 5) is 0. The summed E-state index contributed by atoms with van der Waals surface area (Å²) in [6.45, 7) is 0.474. The first kappa shape index (κ1) is 22.2. The van der Waals surface area contributed by atoms with Gasteiger partial charge in [0, 0.05) is 32.5 Å². The molecule has 2 N–H and O–H groups in total. The molecule has 0 saturated heterocycles. The number of hydrogen-bond acceptors (Lipinski definition) is 7. The number of phenols is 1. The van der Waals surface area contributed by atoms with E-state index in [9.17, 15) is 10.2 Å². The monoisotopic (exact) mass is 418 g/mol. The number of rotatable bonds is 8. The zero-order valence-corrected chi connectivity index (χ0v) is 18.1. The minimum absolute atomic E-state index is 0.0556. The van der Waals surface area contributed by atoms with Gasteiger partial charge in [0.1, 0.15) is 0 Å². The molecule has 0 heterocycles. The molecular weight excluding hydrogens is 388 g/mol. The lowest BCUT2D eigenvalue weighted by molar-refractivity contribution is -0.101. The topological polar surface area (TPSA) is 86.6 Å². The smallest absolute Gasteiger partial charge is 0.161 e. The van der Waals surface area contributed by atoms with Crippen LogP contribution in [-0.2, 0) is 15.9 Å². The summed E-state index contributed by atoms with van der Waals surface area (Å²) in [5.41, 5.74) is 1.67. The van der Waals surface area contributed by atoms with Crippen LogP contribution in [0.1, 0.15) is 22.6 Å². The van der Waals surface area contributed by atoms with E-state index in [1.165, 1.54) is 7.11 Å². The molecule has 0 radical (unpaired) electrons. The maximum atomic E-state index is 11.7. The Balaban J connectivity index is 2.26. The normalized spacial score (nSPS) is 23.0. The summed E-state index contributed by atoms with van der Waals surface area (Å²) in [6.07, 6.45) is 0.385. The van der Waals surface area contributed by atoms with E-state index in [1.54, 1.807) is 40.6 Å². The molecule has 0 spiro atoms. The average molecular weight is 418 g/mol. The third-order valence-electron chi connectivity index (χ3n) is 5.87. The molecule has 0 bridgehead atoms. The Morgan fingerprint density at radius 2 is 1.57 bits per heavy atom. The van der Waals surface area contributed by atoms with Crippen molar-refractivity contribution in [3.05, 3.63) is 47.0 Å². The molecule has 1 aliphatic carbocycles. The van der Waals surface area contributed by atoms with Crippen LogP contribution in [0.4, 0.5) is 0 Å². The second-order valence-electron chi connectivity index (χ2n) is 7.59. The third-order valence-corrected chi connectivity index (χ3v) is 5.87. The van der Waals surface area contributed by atoms with E-state index >= 15 is 0 Å². The SMILES string of the molecule is COC[C@@H]1[C@@H](c2ccc(O)c(OC)c2)c2cc(OC)c(OC)cc2C[C@@]1(O)COC. The van der Waals surface area contributed by atoms with Gasteiger partial charge in [-0.1, -0.05) is 6.07 Å². The van der Waals surface area contributed by atoms with Crippen LogP contribution in [0.2, 0.25) is 0 Å². The van der Waals surface area contributed by atoms with Crippen LogP contribution in [0.3, 0.4) is 0 Å². The third kappa shape index (κ3) is 3.93. The number of methoxy groups -OCH3 is 5. The second-order valence-corrected chi connectivity index (χ2v) is 7.59. The van der Waals surface area contributed by atoms with Crippen molar-refractivity contribution in [1.29, 1.82) is 0 Å². The average Bonchev–Trinajstić information content (AvgIpc) is 2.74. The van der Waals surface area contributed by atoms with Gasteiger partial charge >= 0.3 is 0 Å². The van der Waals surface area contributed by atoms with Gasteiger partial charge in [-0.3, -0.25) is 0 Å². The Kier molecular flexibility index (Phi) is 6.75.